The summed E-state index contributed by atoms with van der Waals surface area (Å²) in [5.74, 6) is -1.25. The number of nitriles is 1. The number of carbonyl (C=O) groups is 1. The maximum Gasteiger partial charge on any atom is 0.416 e. The second kappa shape index (κ2) is 9.44. The summed E-state index contributed by atoms with van der Waals surface area (Å²) in [6, 6.07) is 9.02. The third-order valence-electron chi connectivity index (χ3n) is 4.38. The van der Waals surface area contributed by atoms with Crippen molar-refractivity contribution in [2.45, 2.75) is 12.4 Å². The smallest absolute Gasteiger partial charge is 0.416 e. The molecule has 2 aromatic carbocycles. The van der Waals surface area contributed by atoms with Gasteiger partial charge in [-0.05, 0) is 48.5 Å². The number of anilines is 1. The van der Waals surface area contributed by atoms with Crippen LogP contribution >= 0.6 is 23.2 Å². The summed E-state index contributed by atoms with van der Waals surface area (Å²) in [4.78, 5) is 12.4. The van der Waals surface area contributed by atoms with Crippen LogP contribution in [0.3, 0.4) is 0 Å². The van der Waals surface area contributed by atoms with Gasteiger partial charge in [0.15, 0.2) is 0 Å². The fraction of sp³-hybridized carbons (Fsp3) is 0.0909. The first-order valence-corrected chi connectivity index (χ1v) is 9.82. The van der Waals surface area contributed by atoms with E-state index in [-0.39, 0.29) is 32.8 Å². The van der Waals surface area contributed by atoms with Gasteiger partial charge in [-0.3, -0.25) is 4.79 Å². The van der Waals surface area contributed by atoms with E-state index < -0.39 is 35.0 Å². The van der Waals surface area contributed by atoms with E-state index in [0.29, 0.717) is 6.07 Å². The summed E-state index contributed by atoms with van der Waals surface area (Å²) in [5, 5.41) is 11.2. The molecule has 0 saturated heterocycles. The van der Waals surface area contributed by atoms with E-state index in [1.165, 1.54) is 12.1 Å². The van der Waals surface area contributed by atoms with Gasteiger partial charge in [0, 0.05) is 11.6 Å². The molecule has 1 heterocycles. The van der Waals surface area contributed by atoms with E-state index in [1.807, 2.05) is 0 Å². The van der Waals surface area contributed by atoms with Gasteiger partial charge in [-0.2, -0.15) is 31.6 Å². The van der Waals surface area contributed by atoms with Gasteiger partial charge in [-0.15, -0.1) is 0 Å². The number of benzene rings is 2. The Morgan fingerprint density at radius 1 is 0.912 bits per heavy atom. The van der Waals surface area contributed by atoms with Crippen molar-refractivity contribution >= 4 is 40.9 Å². The predicted molar refractivity (Wildman–Crippen MR) is 113 cm³/mol. The Balaban J connectivity index is 1.88. The number of nitrogens with one attached hydrogen (secondary N) is 1. The van der Waals surface area contributed by atoms with E-state index >= 15 is 0 Å². The van der Waals surface area contributed by atoms with Crippen molar-refractivity contribution in [1.82, 2.24) is 0 Å². The molecule has 3 aromatic rings. The van der Waals surface area contributed by atoms with Crippen molar-refractivity contribution in [1.29, 1.82) is 5.26 Å². The van der Waals surface area contributed by atoms with Crippen molar-refractivity contribution in [3.8, 4) is 17.4 Å². The average molecular weight is 519 g/mol. The lowest BCUT2D eigenvalue weighted by Gasteiger charge is -2.11. The van der Waals surface area contributed by atoms with Gasteiger partial charge in [-0.25, -0.2) is 0 Å². The van der Waals surface area contributed by atoms with Gasteiger partial charge in [0.1, 0.15) is 23.2 Å². The topological polar surface area (TPSA) is 66.0 Å². The minimum absolute atomic E-state index is 0.0321. The zero-order chi connectivity index (χ0) is 25.3. The van der Waals surface area contributed by atoms with Gasteiger partial charge >= 0.3 is 12.4 Å². The number of hydrogen-bond acceptors (Lipinski definition) is 3. The number of halogens is 8. The van der Waals surface area contributed by atoms with Crippen molar-refractivity contribution in [3.05, 3.63) is 81.0 Å². The molecule has 34 heavy (non-hydrogen) atoms. The van der Waals surface area contributed by atoms with E-state index in [1.54, 1.807) is 6.07 Å². The van der Waals surface area contributed by atoms with Gasteiger partial charge < -0.3 is 9.73 Å². The number of furan rings is 1. The summed E-state index contributed by atoms with van der Waals surface area (Å²) >= 11 is 11.8. The number of nitrogens with zero attached hydrogens (tertiary/aromatic N) is 1. The quantitative estimate of drug-likeness (QED) is 0.217. The van der Waals surface area contributed by atoms with Crippen LogP contribution in [0.1, 0.15) is 16.9 Å². The maximum absolute atomic E-state index is 13.0. The Bertz CT molecular complexity index is 1320. The summed E-state index contributed by atoms with van der Waals surface area (Å²) in [7, 11) is 0. The highest BCUT2D eigenvalue weighted by atomic mass is 35.5. The van der Waals surface area contributed by atoms with Crippen LogP contribution in [0.15, 0.2) is 58.5 Å². The van der Waals surface area contributed by atoms with Gasteiger partial charge in [0.25, 0.3) is 5.91 Å². The molecule has 0 spiro atoms. The van der Waals surface area contributed by atoms with Crippen LogP contribution in [0.25, 0.3) is 17.4 Å². The molecule has 1 N–H and O–H groups in total. The second-order valence-electron chi connectivity index (χ2n) is 6.71. The lowest BCUT2D eigenvalue weighted by atomic mass is 10.1. The minimum atomic E-state index is -4.69. The summed E-state index contributed by atoms with van der Waals surface area (Å²) < 4.78 is 83.1. The largest absolute Gasteiger partial charge is 0.457 e. The van der Waals surface area contributed by atoms with Crippen LogP contribution < -0.4 is 5.32 Å². The SMILES string of the molecule is N#C/C(=C\c1ccc(-c2cc(C(F)(F)F)ccc2Cl)o1)C(=O)Nc1cc(C(F)(F)F)ccc1Cl. The number of hydrogen-bond donors (Lipinski definition) is 1. The highest BCUT2D eigenvalue weighted by Crippen LogP contribution is 2.37. The molecule has 0 fully saturated rings. The van der Waals surface area contributed by atoms with Crippen LogP contribution in [0.4, 0.5) is 32.0 Å². The number of carbonyl (C=O) groups excluding carboxylic acids is 1. The summed E-state index contributed by atoms with van der Waals surface area (Å²) in [6.45, 7) is 0. The molecule has 3 rings (SSSR count). The molecule has 0 unspecified atom stereocenters. The molecule has 0 atom stereocenters. The van der Waals surface area contributed by atoms with E-state index in [9.17, 15) is 36.4 Å². The van der Waals surface area contributed by atoms with Gasteiger partial charge in [-0.1, -0.05) is 23.2 Å². The Morgan fingerprint density at radius 2 is 1.50 bits per heavy atom. The maximum atomic E-state index is 13.0. The average Bonchev–Trinajstić information content (AvgIpc) is 3.20. The van der Waals surface area contributed by atoms with Crippen molar-refractivity contribution in [3.63, 3.8) is 0 Å². The third-order valence-corrected chi connectivity index (χ3v) is 5.04. The Kier molecular flexibility index (Phi) is 7.00. The zero-order valence-electron chi connectivity index (χ0n) is 16.5. The minimum Gasteiger partial charge on any atom is -0.457 e. The van der Waals surface area contributed by atoms with E-state index in [0.717, 1.165) is 36.4 Å². The first-order valence-electron chi connectivity index (χ1n) is 9.06. The predicted octanol–water partition coefficient (Wildman–Crippen LogP) is 7.84. The fourth-order valence-corrected chi connectivity index (χ4v) is 3.12. The summed E-state index contributed by atoms with van der Waals surface area (Å²) in [6.07, 6.45) is -8.35. The van der Waals surface area contributed by atoms with Gasteiger partial charge in [0.2, 0.25) is 0 Å². The standard InChI is InChI=1S/C22H10Cl2F6N2O2/c23-16-4-1-12(21(25,26)27)8-15(16)19-6-3-14(34-19)7-11(10-31)20(33)32-18-9-13(22(28,29)30)2-5-17(18)24/h1-9H,(H,32,33)/b11-7+. The zero-order valence-corrected chi connectivity index (χ0v) is 18.0. The molecule has 12 heteroatoms. The van der Waals surface area contributed by atoms with Crippen molar-refractivity contribution in [2.75, 3.05) is 5.32 Å². The molecule has 0 aliphatic carbocycles. The molecule has 1 aromatic heterocycles. The van der Waals surface area contributed by atoms with Crippen LogP contribution in [0.5, 0.6) is 0 Å². The summed E-state index contributed by atoms with van der Waals surface area (Å²) in [5.41, 5.74) is -3.04. The van der Waals surface area contributed by atoms with Crippen LogP contribution in [-0.2, 0) is 17.1 Å². The Morgan fingerprint density at radius 3 is 2.09 bits per heavy atom. The number of alkyl halides is 6. The number of rotatable bonds is 4. The molecule has 0 bridgehead atoms. The molecular weight excluding hydrogens is 509 g/mol. The lowest BCUT2D eigenvalue weighted by molar-refractivity contribution is -0.138. The van der Waals surface area contributed by atoms with Gasteiger partial charge in [0.05, 0.1) is 26.9 Å². The Hall–Kier alpha value is -3.42. The van der Waals surface area contributed by atoms with Crippen LogP contribution in [-0.4, -0.2) is 5.91 Å². The van der Waals surface area contributed by atoms with E-state index in [2.05, 4.69) is 5.32 Å². The first kappa shape index (κ1) is 25.2. The number of amides is 1. The molecular formula is C22H10Cl2F6N2O2. The van der Waals surface area contributed by atoms with E-state index in [4.69, 9.17) is 27.6 Å². The molecule has 4 nitrogen and oxygen atoms in total. The lowest BCUT2D eigenvalue weighted by Crippen LogP contribution is -2.15. The molecule has 0 radical (unpaired) electrons. The van der Waals surface area contributed by atoms with Crippen LogP contribution in [0, 0.1) is 11.3 Å². The molecule has 0 aliphatic heterocycles. The van der Waals surface area contributed by atoms with Crippen molar-refractivity contribution < 1.29 is 35.6 Å². The fourth-order valence-electron chi connectivity index (χ4n) is 2.74. The monoisotopic (exact) mass is 518 g/mol. The third kappa shape index (κ3) is 5.73. The molecule has 176 valence electrons. The highest BCUT2D eigenvalue weighted by molar-refractivity contribution is 6.34. The normalized spacial score (nSPS) is 12.4. The van der Waals surface area contributed by atoms with Crippen LogP contribution in [0.2, 0.25) is 10.0 Å². The van der Waals surface area contributed by atoms with Crippen molar-refractivity contribution in [2.24, 2.45) is 0 Å². The molecule has 0 aliphatic rings. The molecule has 1 amide bonds. The first-order chi connectivity index (χ1) is 15.8. The molecule has 0 saturated carbocycles. The second-order valence-corrected chi connectivity index (χ2v) is 7.53. The Labute approximate surface area is 198 Å². The highest BCUT2D eigenvalue weighted by Gasteiger charge is 2.32.